The van der Waals surface area contributed by atoms with Crippen molar-refractivity contribution in [2.75, 3.05) is 6.61 Å². The molecule has 0 aromatic heterocycles. The van der Waals surface area contributed by atoms with Gasteiger partial charge in [0.05, 0.1) is 18.8 Å². The summed E-state index contributed by atoms with van der Waals surface area (Å²) in [5.74, 6) is -0.242. The smallest absolute Gasteiger partial charge is 0.184 e. The van der Waals surface area contributed by atoms with Gasteiger partial charge in [-0.1, -0.05) is 13.0 Å². The number of rotatable bonds is 3. The summed E-state index contributed by atoms with van der Waals surface area (Å²) in [6, 6.07) is 0. The lowest BCUT2D eigenvalue weighted by Crippen LogP contribution is -2.52. The minimum atomic E-state index is -0.791. The molecule has 0 aliphatic carbocycles. The highest BCUT2D eigenvalue weighted by molar-refractivity contribution is 4.85. The highest BCUT2D eigenvalue weighted by Gasteiger charge is 2.40. The van der Waals surface area contributed by atoms with Gasteiger partial charge in [-0.25, -0.2) is 0 Å². The third-order valence-corrected chi connectivity index (χ3v) is 2.56. The second-order valence-electron chi connectivity index (χ2n) is 3.67. The Morgan fingerprint density at radius 2 is 2.00 bits per heavy atom. The quantitative estimate of drug-likeness (QED) is 0.646. The highest BCUT2D eigenvalue weighted by atomic mass is 16.7. The molecule has 2 N–H and O–H groups in total. The zero-order chi connectivity index (χ0) is 10.7. The zero-order valence-corrected chi connectivity index (χ0v) is 8.59. The van der Waals surface area contributed by atoms with E-state index in [1.54, 1.807) is 19.9 Å². The normalized spacial score (nSPS) is 43.6. The molecule has 5 atom stereocenters. The summed E-state index contributed by atoms with van der Waals surface area (Å²) in [6.45, 7) is 7.38. The van der Waals surface area contributed by atoms with Crippen LogP contribution in [0.3, 0.4) is 0 Å². The molecule has 1 rings (SSSR count). The van der Waals surface area contributed by atoms with Crippen molar-refractivity contribution in [3.63, 3.8) is 0 Å². The number of hydrogen-bond acceptors (Lipinski definition) is 4. The third-order valence-electron chi connectivity index (χ3n) is 2.56. The first-order valence-corrected chi connectivity index (χ1v) is 4.82. The van der Waals surface area contributed by atoms with Crippen molar-refractivity contribution >= 4 is 0 Å². The summed E-state index contributed by atoms with van der Waals surface area (Å²) in [5, 5.41) is 19.3. The fourth-order valence-electron chi connectivity index (χ4n) is 1.55. The molecule has 1 saturated heterocycles. The van der Waals surface area contributed by atoms with Crippen LogP contribution in [0.15, 0.2) is 12.7 Å². The van der Waals surface area contributed by atoms with E-state index in [0.717, 1.165) is 0 Å². The molecule has 0 amide bonds. The first-order valence-electron chi connectivity index (χ1n) is 4.82. The van der Waals surface area contributed by atoms with Crippen molar-refractivity contribution in [2.45, 2.75) is 38.4 Å². The lowest BCUT2D eigenvalue weighted by molar-refractivity contribution is -0.275. The maximum absolute atomic E-state index is 9.71. The molecule has 1 aliphatic rings. The van der Waals surface area contributed by atoms with Crippen molar-refractivity contribution in [1.82, 2.24) is 0 Å². The number of aliphatic hydroxyl groups excluding tert-OH is 2. The van der Waals surface area contributed by atoms with E-state index in [2.05, 4.69) is 6.58 Å². The van der Waals surface area contributed by atoms with E-state index in [4.69, 9.17) is 9.47 Å². The van der Waals surface area contributed by atoms with E-state index in [1.165, 1.54) is 0 Å². The van der Waals surface area contributed by atoms with Gasteiger partial charge in [0.15, 0.2) is 6.29 Å². The molecular weight excluding hydrogens is 184 g/mol. The standard InChI is InChI=1S/C10H18O4/c1-4-5-13-10-9(12)6(2)8(11)7(3)14-10/h4,6-12H,1,5H2,2-3H3/t6?,7?,8-,9?,10+/m1/s1. The monoisotopic (exact) mass is 202 g/mol. The topological polar surface area (TPSA) is 58.9 Å². The van der Waals surface area contributed by atoms with Gasteiger partial charge in [-0.15, -0.1) is 6.58 Å². The summed E-state index contributed by atoms with van der Waals surface area (Å²) in [6.07, 6.45) is -0.824. The molecule has 0 spiro atoms. The number of ether oxygens (including phenoxy) is 2. The predicted octanol–water partition coefficient (Wildman–Crippen LogP) is 0.292. The maximum atomic E-state index is 9.71. The Hall–Kier alpha value is -0.420. The average molecular weight is 202 g/mol. The Balaban J connectivity index is 2.55. The summed E-state index contributed by atoms with van der Waals surface area (Å²) < 4.78 is 10.5. The van der Waals surface area contributed by atoms with Gasteiger partial charge in [0.2, 0.25) is 0 Å². The van der Waals surface area contributed by atoms with Crippen LogP contribution in [-0.4, -0.2) is 41.4 Å². The van der Waals surface area contributed by atoms with E-state index in [-0.39, 0.29) is 12.0 Å². The van der Waals surface area contributed by atoms with E-state index in [0.29, 0.717) is 6.61 Å². The van der Waals surface area contributed by atoms with Crippen LogP contribution in [0, 0.1) is 5.92 Å². The van der Waals surface area contributed by atoms with Crippen molar-refractivity contribution in [2.24, 2.45) is 5.92 Å². The van der Waals surface area contributed by atoms with Gasteiger partial charge in [-0.05, 0) is 6.92 Å². The number of hydrogen-bond donors (Lipinski definition) is 2. The average Bonchev–Trinajstić information content (AvgIpc) is 2.18. The first-order chi connectivity index (χ1) is 6.57. The summed E-state index contributed by atoms with van der Waals surface area (Å²) in [4.78, 5) is 0. The summed E-state index contributed by atoms with van der Waals surface area (Å²) in [5.41, 5.74) is 0. The molecular formula is C10H18O4. The van der Waals surface area contributed by atoms with Gasteiger partial charge in [-0.2, -0.15) is 0 Å². The second kappa shape index (κ2) is 4.89. The largest absolute Gasteiger partial charge is 0.390 e. The molecule has 3 unspecified atom stereocenters. The molecule has 0 radical (unpaired) electrons. The van der Waals surface area contributed by atoms with Crippen LogP contribution < -0.4 is 0 Å². The molecule has 4 nitrogen and oxygen atoms in total. The molecule has 1 aliphatic heterocycles. The van der Waals surface area contributed by atoms with Crippen LogP contribution in [0.1, 0.15) is 13.8 Å². The van der Waals surface area contributed by atoms with Crippen molar-refractivity contribution in [3.8, 4) is 0 Å². The molecule has 82 valence electrons. The van der Waals surface area contributed by atoms with Crippen LogP contribution in [0.5, 0.6) is 0 Å². The van der Waals surface area contributed by atoms with Crippen molar-refractivity contribution in [3.05, 3.63) is 12.7 Å². The fraction of sp³-hybridized carbons (Fsp3) is 0.800. The van der Waals surface area contributed by atoms with E-state index < -0.39 is 18.5 Å². The van der Waals surface area contributed by atoms with Crippen LogP contribution in [0.25, 0.3) is 0 Å². The zero-order valence-electron chi connectivity index (χ0n) is 8.59. The fourth-order valence-corrected chi connectivity index (χ4v) is 1.55. The molecule has 1 fully saturated rings. The minimum absolute atomic E-state index is 0.242. The van der Waals surface area contributed by atoms with Crippen LogP contribution in [0.2, 0.25) is 0 Å². The Bertz CT molecular complexity index is 195. The molecule has 1 heterocycles. The van der Waals surface area contributed by atoms with Crippen LogP contribution >= 0.6 is 0 Å². The highest BCUT2D eigenvalue weighted by Crippen LogP contribution is 2.26. The van der Waals surface area contributed by atoms with Gasteiger partial charge in [0.25, 0.3) is 0 Å². The van der Waals surface area contributed by atoms with Gasteiger partial charge in [0.1, 0.15) is 6.10 Å². The molecule has 0 aromatic rings. The van der Waals surface area contributed by atoms with E-state index in [1.807, 2.05) is 0 Å². The molecule has 4 heteroatoms. The summed E-state index contributed by atoms with van der Waals surface area (Å²) >= 11 is 0. The lowest BCUT2D eigenvalue weighted by atomic mass is 9.91. The van der Waals surface area contributed by atoms with Gasteiger partial charge < -0.3 is 19.7 Å². The Kier molecular flexibility index (Phi) is 4.07. The van der Waals surface area contributed by atoms with Gasteiger partial charge >= 0.3 is 0 Å². The number of aliphatic hydroxyl groups is 2. The molecule has 0 saturated carbocycles. The van der Waals surface area contributed by atoms with Crippen LogP contribution in [0.4, 0.5) is 0 Å². The Morgan fingerprint density at radius 1 is 1.36 bits per heavy atom. The first kappa shape index (κ1) is 11.7. The predicted molar refractivity (Wildman–Crippen MR) is 51.7 cm³/mol. The molecule has 0 bridgehead atoms. The van der Waals surface area contributed by atoms with Gasteiger partial charge in [0, 0.05) is 5.92 Å². The second-order valence-corrected chi connectivity index (χ2v) is 3.67. The van der Waals surface area contributed by atoms with E-state index >= 15 is 0 Å². The minimum Gasteiger partial charge on any atom is -0.390 e. The van der Waals surface area contributed by atoms with E-state index in [9.17, 15) is 10.2 Å². The maximum Gasteiger partial charge on any atom is 0.184 e. The summed E-state index contributed by atoms with van der Waals surface area (Å²) in [7, 11) is 0. The van der Waals surface area contributed by atoms with Gasteiger partial charge in [-0.3, -0.25) is 0 Å². The van der Waals surface area contributed by atoms with Crippen molar-refractivity contribution < 1.29 is 19.7 Å². The Labute approximate surface area is 84.1 Å². The molecule has 14 heavy (non-hydrogen) atoms. The van der Waals surface area contributed by atoms with Crippen molar-refractivity contribution in [1.29, 1.82) is 0 Å². The van der Waals surface area contributed by atoms with Crippen LogP contribution in [-0.2, 0) is 9.47 Å². The SMILES string of the molecule is C=CCO[C@H]1OC(C)[C@H](O)C(C)C1O. The Morgan fingerprint density at radius 3 is 2.57 bits per heavy atom. The lowest BCUT2D eigenvalue weighted by Gasteiger charge is -2.39. The third kappa shape index (κ3) is 2.33. The molecule has 0 aromatic carbocycles.